The van der Waals surface area contributed by atoms with Gasteiger partial charge in [0.15, 0.2) is 0 Å². The normalized spacial score (nSPS) is 11.0. The van der Waals surface area contributed by atoms with E-state index < -0.39 is 0 Å². The molecule has 2 aromatic carbocycles. The van der Waals surface area contributed by atoms with Crippen molar-refractivity contribution < 1.29 is 0 Å². The average Bonchev–Trinajstić information content (AvgIpc) is 3.06. The second-order valence-corrected chi connectivity index (χ2v) is 7.21. The van der Waals surface area contributed by atoms with E-state index in [9.17, 15) is 0 Å². The Balaban J connectivity index is 1.80. The minimum atomic E-state index is 0.924. The standard InChI is InChI=1S/C21H19N3S/c1-24(2)16-10-8-15(9-11-16)18-12-13-22-21-20(18)19(14-23-21)25-17-6-4-3-5-7-17/h3-14H,1-2H3,(H,22,23). The van der Waals surface area contributed by atoms with E-state index in [4.69, 9.17) is 0 Å². The largest absolute Gasteiger partial charge is 0.378 e. The first kappa shape index (κ1) is 15.8. The third-order valence-electron chi connectivity index (χ3n) is 4.20. The lowest BCUT2D eigenvalue weighted by molar-refractivity contribution is 1.13. The summed E-state index contributed by atoms with van der Waals surface area (Å²) in [7, 11) is 4.11. The molecule has 0 bridgehead atoms. The van der Waals surface area contributed by atoms with Crippen LogP contribution in [0.5, 0.6) is 0 Å². The highest BCUT2D eigenvalue weighted by atomic mass is 32.2. The van der Waals surface area contributed by atoms with Crippen molar-refractivity contribution in [1.82, 2.24) is 9.97 Å². The van der Waals surface area contributed by atoms with Crippen molar-refractivity contribution in [3.05, 3.63) is 73.1 Å². The molecule has 3 nitrogen and oxygen atoms in total. The van der Waals surface area contributed by atoms with E-state index >= 15 is 0 Å². The molecule has 124 valence electrons. The number of H-pyrrole nitrogens is 1. The van der Waals surface area contributed by atoms with Crippen molar-refractivity contribution in [3.8, 4) is 11.1 Å². The van der Waals surface area contributed by atoms with Crippen molar-refractivity contribution in [2.24, 2.45) is 0 Å². The van der Waals surface area contributed by atoms with Crippen LogP contribution in [0, 0.1) is 0 Å². The first-order valence-electron chi connectivity index (χ1n) is 8.19. The van der Waals surface area contributed by atoms with Crippen molar-refractivity contribution in [2.45, 2.75) is 9.79 Å². The van der Waals surface area contributed by atoms with Gasteiger partial charge in [-0.15, -0.1) is 0 Å². The molecule has 0 fully saturated rings. The Kier molecular flexibility index (Phi) is 4.20. The molecule has 2 heterocycles. The van der Waals surface area contributed by atoms with Crippen LogP contribution in [0.2, 0.25) is 0 Å². The maximum absolute atomic E-state index is 4.50. The predicted molar refractivity (Wildman–Crippen MR) is 106 cm³/mol. The fourth-order valence-corrected chi connectivity index (χ4v) is 3.88. The van der Waals surface area contributed by atoms with Gasteiger partial charge in [0.25, 0.3) is 0 Å². The topological polar surface area (TPSA) is 31.9 Å². The molecule has 0 aliphatic heterocycles. The van der Waals surface area contributed by atoms with Crippen molar-refractivity contribution >= 4 is 28.5 Å². The Hall–Kier alpha value is -2.72. The molecule has 0 radical (unpaired) electrons. The molecule has 0 aliphatic rings. The van der Waals surface area contributed by atoms with Crippen LogP contribution in [-0.4, -0.2) is 24.1 Å². The Labute approximate surface area is 151 Å². The summed E-state index contributed by atoms with van der Waals surface area (Å²) in [6.45, 7) is 0. The lowest BCUT2D eigenvalue weighted by Crippen LogP contribution is -2.07. The molecule has 0 saturated heterocycles. The van der Waals surface area contributed by atoms with E-state index in [0.29, 0.717) is 0 Å². The van der Waals surface area contributed by atoms with Crippen molar-refractivity contribution in [2.75, 3.05) is 19.0 Å². The summed E-state index contributed by atoms with van der Waals surface area (Å²) in [6, 6.07) is 21.2. The zero-order chi connectivity index (χ0) is 17.2. The number of anilines is 1. The summed E-state index contributed by atoms with van der Waals surface area (Å²) in [5, 5.41) is 1.17. The molecule has 0 aliphatic carbocycles. The minimum absolute atomic E-state index is 0.924. The van der Waals surface area contributed by atoms with Gasteiger partial charge in [-0.3, -0.25) is 0 Å². The van der Waals surface area contributed by atoms with Crippen LogP contribution in [0.25, 0.3) is 22.2 Å². The van der Waals surface area contributed by atoms with Gasteiger partial charge in [0.2, 0.25) is 0 Å². The lowest BCUT2D eigenvalue weighted by atomic mass is 10.0. The zero-order valence-electron chi connectivity index (χ0n) is 14.2. The molecule has 4 aromatic rings. The zero-order valence-corrected chi connectivity index (χ0v) is 15.0. The molecule has 25 heavy (non-hydrogen) atoms. The number of aromatic amines is 1. The molecule has 2 aromatic heterocycles. The molecule has 4 heteroatoms. The van der Waals surface area contributed by atoms with Gasteiger partial charge in [-0.1, -0.05) is 42.1 Å². The Bertz CT molecular complexity index is 989. The number of fused-ring (bicyclic) bond motifs is 1. The molecular formula is C21H19N3S. The van der Waals surface area contributed by atoms with Gasteiger partial charge >= 0.3 is 0 Å². The smallest absolute Gasteiger partial charge is 0.139 e. The number of nitrogens with one attached hydrogen (secondary N) is 1. The van der Waals surface area contributed by atoms with Gasteiger partial charge in [-0.25, -0.2) is 4.98 Å². The van der Waals surface area contributed by atoms with E-state index in [0.717, 1.165) is 5.65 Å². The summed E-state index contributed by atoms with van der Waals surface area (Å²) in [4.78, 5) is 12.3. The van der Waals surface area contributed by atoms with Gasteiger partial charge in [-0.05, 0) is 41.5 Å². The molecule has 1 N–H and O–H groups in total. The highest BCUT2D eigenvalue weighted by Gasteiger charge is 2.12. The lowest BCUT2D eigenvalue weighted by Gasteiger charge is -2.13. The van der Waals surface area contributed by atoms with Crippen LogP contribution in [0.1, 0.15) is 0 Å². The summed E-state index contributed by atoms with van der Waals surface area (Å²) >= 11 is 1.76. The third kappa shape index (κ3) is 3.13. The summed E-state index contributed by atoms with van der Waals surface area (Å²) in [6.07, 6.45) is 3.91. The highest BCUT2D eigenvalue weighted by Crippen LogP contribution is 2.38. The van der Waals surface area contributed by atoms with Crippen LogP contribution in [0.15, 0.2) is 82.8 Å². The summed E-state index contributed by atoms with van der Waals surface area (Å²) in [5.74, 6) is 0. The van der Waals surface area contributed by atoms with Gasteiger partial charge in [0, 0.05) is 47.4 Å². The third-order valence-corrected chi connectivity index (χ3v) is 5.25. The van der Waals surface area contributed by atoms with Crippen molar-refractivity contribution in [1.29, 1.82) is 0 Å². The number of hydrogen-bond donors (Lipinski definition) is 1. The van der Waals surface area contributed by atoms with E-state index in [1.165, 1.54) is 32.0 Å². The fraction of sp³-hybridized carbons (Fsp3) is 0.0952. The quantitative estimate of drug-likeness (QED) is 0.534. The number of rotatable bonds is 4. The van der Waals surface area contributed by atoms with E-state index in [1.807, 2.05) is 18.5 Å². The van der Waals surface area contributed by atoms with Crippen LogP contribution in [0.3, 0.4) is 0 Å². The van der Waals surface area contributed by atoms with Crippen molar-refractivity contribution in [3.63, 3.8) is 0 Å². The maximum atomic E-state index is 4.50. The summed E-state index contributed by atoms with van der Waals surface area (Å²) in [5.41, 5.74) is 4.53. The first-order chi connectivity index (χ1) is 12.2. The van der Waals surface area contributed by atoms with Crippen LogP contribution in [0.4, 0.5) is 5.69 Å². The number of aromatic nitrogens is 2. The number of hydrogen-bond acceptors (Lipinski definition) is 3. The molecule has 0 saturated carbocycles. The van der Waals surface area contributed by atoms with Gasteiger partial charge in [0.1, 0.15) is 5.65 Å². The van der Waals surface area contributed by atoms with Gasteiger partial charge in [-0.2, -0.15) is 0 Å². The SMILES string of the molecule is CN(C)c1ccc(-c2ccnc3[nH]cc(Sc4ccccc4)c23)cc1. The molecule has 4 rings (SSSR count). The molecule has 0 amide bonds. The highest BCUT2D eigenvalue weighted by molar-refractivity contribution is 7.99. The van der Waals surface area contributed by atoms with E-state index in [-0.39, 0.29) is 0 Å². The Morgan fingerprint density at radius 2 is 1.68 bits per heavy atom. The first-order valence-corrected chi connectivity index (χ1v) is 9.01. The predicted octanol–water partition coefficient (Wildman–Crippen LogP) is 5.45. The molecule has 0 spiro atoms. The average molecular weight is 345 g/mol. The van der Waals surface area contributed by atoms with E-state index in [1.54, 1.807) is 11.8 Å². The fourth-order valence-electron chi connectivity index (χ4n) is 2.90. The van der Waals surface area contributed by atoms with Crippen LogP contribution >= 0.6 is 11.8 Å². The van der Waals surface area contributed by atoms with Crippen LogP contribution < -0.4 is 4.90 Å². The molecule has 0 unspecified atom stereocenters. The number of nitrogens with zero attached hydrogens (tertiary/aromatic N) is 2. The second kappa shape index (κ2) is 6.65. The molecular weight excluding hydrogens is 326 g/mol. The van der Waals surface area contributed by atoms with Gasteiger partial charge in [0.05, 0.1) is 0 Å². The van der Waals surface area contributed by atoms with Crippen LogP contribution in [-0.2, 0) is 0 Å². The van der Waals surface area contributed by atoms with E-state index in [2.05, 4.69) is 83.6 Å². The number of benzene rings is 2. The number of pyridine rings is 1. The maximum Gasteiger partial charge on any atom is 0.139 e. The Morgan fingerprint density at radius 3 is 2.40 bits per heavy atom. The second-order valence-electron chi connectivity index (χ2n) is 6.09. The van der Waals surface area contributed by atoms with Gasteiger partial charge < -0.3 is 9.88 Å². The summed E-state index contributed by atoms with van der Waals surface area (Å²) < 4.78 is 0. The Morgan fingerprint density at radius 1 is 0.920 bits per heavy atom. The minimum Gasteiger partial charge on any atom is -0.378 e. The monoisotopic (exact) mass is 345 g/mol. The molecule has 0 atom stereocenters.